The number of nitrogens with one attached hydrogen (secondary N) is 1. The van der Waals surface area contributed by atoms with E-state index in [0.717, 1.165) is 32.1 Å². The molecule has 3 heterocycles. The molecule has 4 rings (SSSR count). The highest BCUT2D eigenvalue weighted by Gasteiger charge is 2.32. The van der Waals surface area contributed by atoms with Gasteiger partial charge < -0.3 is 9.80 Å². The summed E-state index contributed by atoms with van der Waals surface area (Å²) in [5.41, 5.74) is 1.15. The standard InChI is InChI=1S/C27H37N5O5S/c1-2-6-24(33)22-15-21(16-28)26(29-23(22)17-32-12-5-9-25(32)34)31-13-10-20(11-14-31)27(35)30-38(36,37)18-19-7-3-4-8-19/h15,19-20H,2-14,17-18H2,1H3,(H,30,35). The predicted molar refractivity (Wildman–Crippen MR) is 142 cm³/mol. The van der Waals surface area contributed by atoms with Crippen molar-refractivity contribution in [3.63, 3.8) is 0 Å². The van der Waals surface area contributed by atoms with Crippen molar-refractivity contribution in [2.24, 2.45) is 11.8 Å². The first kappa shape index (κ1) is 28.0. The molecular weight excluding hydrogens is 506 g/mol. The van der Waals surface area contributed by atoms with E-state index in [1.54, 1.807) is 11.0 Å². The smallest absolute Gasteiger partial charge is 0.236 e. The van der Waals surface area contributed by atoms with Crippen molar-refractivity contribution < 1.29 is 22.8 Å². The van der Waals surface area contributed by atoms with E-state index in [1.807, 2.05) is 11.8 Å². The van der Waals surface area contributed by atoms with Gasteiger partial charge in [-0.05, 0) is 50.5 Å². The first-order valence-corrected chi connectivity index (χ1v) is 15.4. The monoisotopic (exact) mass is 543 g/mol. The Hall–Kier alpha value is -3.00. The number of carbonyl (C=O) groups is 3. The van der Waals surface area contributed by atoms with E-state index in [4.69, 9.17) is 4.98 Å². The fourth-order valence-corrected chi connectivity index (χ4v) is 7.27. The van der Waals surface area contributed by atoms with Gasteiger partial charge in [0.05, 0.1) is 23.6 Å². The van der Waals surface area contributed by atoms with Gasteiger partial charge >= 0.3 is 0 Å². The average Bonchev–Trinajstić information content (AvgIpc) is 3.54. The SMILES string of the molecule is CCCC(=O)c1cc(C#N)c(N2CCC(C(=O)NS(=O)(=O)CC3CCCC3)CC2)nc1CN1CCCC1=O. The summed E-state index contributed by atoms with van der Waals surface area (Å²) in [6.07, 6.45) is 6.94. The van der Waals surface area contributed by atoms with Crippen LogP contribution in [0.2, 0.25) is 0 Å². The molecule has 2 amide bonds. The number of likely N-dealkylation sites (tertiary alicyclic amines) is 1. The molecule has 3 fully saturated rings. The number of hydrogen-bond donors (Lipinski definition) is 1. The maximum Gasteiger partial charge on any atom is 0.236 e. The van der Waals surface area contributed by atoms with Crippen LogP contribution in [-0.2, 0) is 26.2 Å². The van der Waals surface area contributed by atoms with Crippen LogP contribution < -0.4 is 9.62 Å². The van der Waals surface area contributed by atoms with Crippen molar-refractivity contribution in [2.75, 3.05) is 30.3 Å². The van der Waals surface area contributed by atoms with Crippen LogP contribution in [0.15, 0.2) is 6.07 Å². The lowest BCUT2D eigenvalue weighted by Crippen LogP contribution is -2.44. The van der Waals surface area contributed by atoms with E-state index < -0.39 is 21.8 Å². The Balaban J connectivity index is 1.47. The minimum absolute atomic E-state index is 0.00156. The molecule has 0 atom stereocenters. The molecule has 1 N–H and O–H groups in total. The Labute approximate surface area is 224 Å². The van der Waals surface area contributed by atoms with E-state index in [0.29, 0.717) is 68.8 Å². The number of anilines is 1. The largest absolute Gasteiger partial charge is 0.355 e. The number of hydrogen-bond acceptors (Lipinski definition) is 8. The minimum atomic E-state index is -3.66. The van der Waals surface area contributed by atoms with E-state index >= 15 is 0 Å². The second kappa shape index (κ2) is 12.2. The van der Waals surface area contributed by atoms with Crippen molar-refractivity contribution in [1.29, 1.82) is 5.26 Å². The van der Waals surface area contributed by atoms with E-state index in [9.17, 15) is 28.1 Å². The number of carbonyl (C=O) groups excluding carboxylic acids is 3. The third kappa shape index (κ3) is 6.70. The van der Waals surface area contributed by atoms with E-state index in [2.05, 4.69) is 10.8 Å². The Morgan fingerprint density at radius 2 is 1.84 bits per heavy atom. The number of piperidine rings is 1. The third-order valence-electron chi connectivity index (χ3n) is 7.84. The van der Waals surface area contributed by atoms with Crippen LogP contribution in [0.4, 0.5) is 5.82 Å². The Morgan fingerprint density at radius 1 is 1.13 bits per heavy atom. The van der Waals surface area contributed by atoms with Crippen molar-refractivity contribution >= 4 is 33.4 Å². The van der Waals surface area contributed by atoms with Gasteiger partial charge in [-0.25, -0.2) is 13.4 Å². The number of aromatic nitrogens is 1. The maximum absolute atomic E-state index is 12.9. The zero-order valence-electron chi connectivity index (χ0n) is 22.1. The molecule has 10 nitrogen and oxygen atoms in total. The van der Waals surface area contributed by atoms with Gasteiger partial charge in [0.2, 0.25) is 21.8 Å². The van der Waals surface area contributed by atoms with Gasteiger partial charge in [-0.2, -0.15) is 5.26 Å². The molecule has 1 aromatic rings. The Bertz CT molecular complexity index is 1210. The summed E-state index contributed by atoms with van der Waals surface area (Å²) in [7, 11) is -3.66. The molecule has 3 aliphatic rings. The lowest BCUT2D eigenvalue weighted by molar-refractivity contribution is -0.128. The van der Waals surface area contributed by atoms with Crippen molar-refractivity contribution in [3.05, 3.63) is 22.9 Å². The van der Waals surface area contributed by atoms with Crippen LogP contribution in [0.3, 0.4) is 0 Å². The first-order chi connectivity index (χ1) is 18.2. The Kier molecular flexibility index (Phi) is 9.03. The van der Waals surface area contributed by atoms with Gasteiger partial charge in [0.25, 0.3) is 0 Å². The molecule has 206 valence electrons. The molecular formula is C27H37N5O5S. The normalized spacial score (nSPS) is 19.1. The molecule has 2 aliphatic heterocycles. The molecule has 11 heteroatoms. The number of ketones is 1. The van der Waals surface area contributed by atoms with Crippen LogP contribution in [0.25, 0.3) is 0 Å². The number of Topliss-reactive ketones (excluding diaryl/α,β-unsaturated/α-hetero) is 1. The zero-order chi connectivity index (χ0) is 27.3. The molecule has 1 saturated carbocycles. The topological polar surface area (TPSA) is 141 Å². The summed E-state index contributed by atoms with van der Waals surface area (Å²) in [4.78, 5) is 46.2. The Morgan fingerprint density at radius 3 is 2.45 bits per heavy atom. The first-order valence-electron chi connectivity index (χ1n) is 13.7. The van der Waals surface area contributed by atoms with Crippen LogP contribution in [0.5, 0.6) is 0 Å². The van der Waals surface area contributed by atoms with Gasteiger partial charge in [0.1, 0.15) is 11.9 Å². The van der Waals surface area contributed by atoms with Crippen molar-refractivity contribution in [3.8, 4) is 6.07 Å². The van der Waals surface area contributed by atoms with Gasteiger partial charge in [-0.3, -0.25) is 19.1 Å². The van der Waals surface area contributed by atoms with Gasteiger partial charge in [0.15, 0.2) is 5.78 Å². The number of nitriles is 1. The molecule has 1 aromatic heterocycles. The number of sulfonamides is 1. The summed E-state index contributed by atoms with van der Waals surface area (Å²) < 4.78 is 27.3. The molecule has 2 saturated heterocycles. The van der Waals surface area contributed by atoms with Crippen molar-refractivity contribution in [2.45, 2.75) is 77.7 Å². The summed E-state index contributed by atoms with van der Waals surface area (Å²) in [6.45, 7) is 3.59. The van der Waals surface area contributed by atoms with Crippen molar-refractivity contribution in [1.82, 2.24) is 14.6 Å². The third-order valence-corrected chi connectivity index (χ3v) is 9.26. The lowest BCUT2D eigenvalue weighted by Gasteiger charge is -2.33. The molecule has 0 spiro atoms. The number of amides is 2. The number of nitrogens with zero attached hydrogens (tertiary/aromatic N) is 4. The second-order valence-corrected chi connectivity index (χ2v) is 12.5. The van der Waals surface area contributed by atoms with Gasteiger partial charge in [-0.1, -0.05) is 19.8 Å². The average molecular weight is 544 g/mol. The second-order valence-electron chi connectivity index (χ2n) is 10.7. The highest BCUT2D eigenvalue weighted by molar-refractivity contribution is 7.90. The fraction of sp³-hybridized carbons (Fsp3) is 0.667. The summed E-state index contributed by atoms with van der Waals surface area (Å²) in [6, 6.07) is 3.75. The van der Waals surface area contributed by atoms with E-state index in [1.165, 1.54) is 0 Å². The highest BCUT2D eigenvalue weighted by atomic mass is 32.2. The summed E-state index contributed by atoms with van der Waals surface area (Å²) in [5, 5.41) is 9.86. The van der Waals surface area contributed by atoms with Crippen LogP contribution in [0, 0.1) is 23.2 Å². The van der Waals surface area contributed by atoms with Crippen LogP contribution in [0.1, 0.15) is 92.7 Å². The molecule has 0 unspecified atom stereocenters. The number of pyridine rings is 1. The molecule has 0 aromatic carbocycles. The predicted octanol–water partition coefficient (Wildman–Crippen LogP) is 2.91. The zero-order valence-corrected chi connectivity index (χ0v) is 22.9. The lowest BCUT2D eigenvalue weighted by atomic mass is 9.95. The van der Waals surface area contributed by atoms with Crippen LogP contribution in [-0.4, -0.2) is 61.3 Å². The molecule has 0 radical (unpaired) electrons. The molecule has 38 heavy (non-hydrogen) atoms. The minimum Gasteiger partial charge on any atom is -0.355 e. The fourth-order valence-electron chi connectivity index (χ4n) is 5.76. The summed E-state index contributed by atoms with van der Waals surface area (Å²) in [5.74, 6) is -0.421. The van der Waals surface area contributed by atoms with Gasteiger partial charge in [0, 0.05) is 44.0 Å². The number of rotatable bonds is 10. The molecule has 0 bridgehead atoms. The summed E-state index contributed by atoms with van der Waals surface area (Å²) >= 11 is 0. The van der Waals surface area contributed by atoms with E-state index in [-0.39, 0.29) is 35.5 Å². The highest BCUT2D eigenvalue weighted by Crippen LogP contribution is 2.29. The quantitative estimate of drug-likeness (QED) is 0.444. The maximum atomic E-state index is 12.9. The van der Waals surface area contributed by atoms with Crippen LogP contribution >= 0.6 is 0 Å². The molecule has 1 aliphatic carbocycles. The van der Waals surface area contributed by atoms with Gasteiger partial charge in [-0.15, -0.1) is 0 Å².